The molecule has 1 fully saturated rings. The average Bonchev–Trinajstić information content (AvgIpc) is 3.31. The molecular formula is C19H20N2O5S. The molecule has 1 aromatic carbocycles. The molecular weight excluding hydrogens is 368 g/mol. The molecule has 1 spiro atoms. The quantitative estimate of drug-likeness (QED) is 0.806. The van der Waals surface area contributed by atoms with Crippen LogP contribution in [0.5, 0.6) is 11.5 Å². The number of fused-ring (bicyclic) bond motifs is 1. The fourth-order valence-corrected chi connectivity index (χ4v) is 4.22. The summed E-state index contributed by atoms with van der Waals surface area (Å²) in [4.78, 5) is 28.8. The van der Waals surface area contributed by atoms with Gasteiger partial charge < -0.3 is 19.5 Å². The van der Waals surface area contributed by atoms with Crippen molar-refractivity contribution in [3.63, 3.8) is 0 Å². The SMILES string of the molecule is Cc1nc(C)c(C(=O)OCC(=O)Nc2ccc3c(c2)OC2(CCCC2)O3)s1. The number of ether oxygens (including phenoxy) is 3. The molecule has 1 amide bonds. The van der Waals surface area contributed by atoms with Crippen LogP contribution in [0, 0.1) is 13.8 Å². The number of carbonyl (C=O) groups is 2. The maximum atomic E-state index is 12.1. The second kappa shape index (κ2) is 6.84. The maximum absolute atomic E-state index is 12.1. The van der Waals surface area contributed by atoms with Crippen molar-refractivity contribution in [2.45, 2.75) is 45.3 Å². The van der Waals surface area contributed by atoms with Crippen LogP contribution in [0.25, 0.3) is 0 Å². The van der Waals surface area contributed by atoms with Crippen molar-refractivity contribution in [3.05, 3.63) is 33.8 Å². The molecule has 0 radical (unpaired) electrons. The molecule has 0 atom stereocenters. The number of aryl methyl sites for hydroxylation is 2. The van der Waals surface area contributed by atoms with Crippen molar-refractivity contribution in [1.29, 1.82) is 0 Å². The molecule has 0 unspecified atom stereocenters. The number of hydrogen-bond acceptors (Lipinski definition) is 7. The van der Waals surface area contributed by atoms with Crippen molar-refractivity contribution in [3.8, 4) is 11.5 Å². The lowest BCUT2D eigenvalue weighted by Crippen LogP contribution is -2.34. The Morgan fingerprint density at radius 2 is 1.96 bits per heavy atom. The fourth-order valence-electron chi connectivity index (χ4n) is 3.40. The van der Waals surface area contributed by atoms with Crippen molar-refractivity contribution in [2.24, 2.45) is 0 Å². The average molecular weight is 388 g/mol. The van der Waals surface area contributed by atoms with Gasteiger partial charge in [-0.3, -0.25) is 4.79 Å². The second-order valence-electron chi connectivity index (χ2n) is 6.76. The molecule has 8 heteroatoms. The highest BCUT2D eigenvalue weighted by atomic mass is 32.1. The Morgan fingerprint density at radius 3 is 2.67 bits per heavy atom. The summed E-state index contributed by atoms with van der Waals surface area (Å²) in [6.45, 7) is 3.19. The van der Waals surface area contributed by atoms with Gasteiger partial charge in [0.1, 0.15) is 4.88 Å². The zero-order valence-electron chi connectivity index (χ0n) is 15.2. The molecule has 4 rings (SSSR count). The Hall–Kier alpha value is -2.61. The minimum atomic E-state index is -0.540. The summed E-state index contributed by atoms with van der Waals surface area (Å²) in [6, 6.07) is 5.26. The summed E-state index contributed by atoms with van der Waals surface area (Å²) in [5.41, 5.74) is 1.18. The third-order valence-corrected chi connectivity index (χ3v) is 5.66. The molecule has 1 aliphatic carbocycles. The Labute approximate surface area is 160 Å². The van der Waals surface area contributed by atoms with Crippen LogP contribution in [0.1, 0.15) is 46.1 Å². The van der Waals surface area contributed by atoms with E-state index >= 15 is 0 Å². The van der Waals surface area contributed by atoms with E-state index in [4.69, 9.17) is 14.2 Å². The third-order valence-electron chi connectivity index (χ3n) is 4.61. The van der Waals surface area contributed by atoms with Crippen LogP contribution >= 0.6 is 11.3 Å². The number of amides is 1. The van der Waals surface area contributed by atoms with Crippen molar-refractivity contribution in [1.82, 2.24) is 4.98 Å². The molecule has 1 aromatic heterocycles. The summed E-state index contributed by atoms with van der Waals surface area (Å²) in [6.07, 6.45) is 3.91. The number of rotatable bonds is 4. The number of anilines is 1. The van der Waals surface area contributed by atoms with Crippen LogP contribution < -0.4 is 14.8 Å². The van der Waals surface area contributed by atoms with Gasteiger partial charge in [0, 0.05) is 24.6 Å². The van der Waals surface area contributed by atoms with Gasteiger partial charge in [-0.15, -0.1) is 11.3 Å². The lowest BCUT2D eigenvalue weighted by atomic mass is 10.2. The van der Waals surface area contributed by atoms with Crippen molar-refractivity contribution in [2.75, 3.05) is 11.9 Å². The highest BCUT2D eigenvalue weighted by Gasteiger charge is 2.44. The molecule has 2 heterocycles. The number of thiazole rings is 1. The summed E-state index contributed by atoms with van der Waals surface area (Å²) in [5.74, 6) is -0.177. The summed E-state index contributed by atoms with van der Waals surface area (Å²) in [7, 11) is 0. The Morgan fingerprint density at radius 1 is 1.22 bits per heavy atom. The minimum Gasteiger partial charge on any atom is -0.451 e. The van der Waals surface area contributed by atoms with E-state index < -0.39 is 17.7 Å². The van der Waals surface area contributed by atoms with E-state index in [1.807, 2.05) is 6.92 Å². The van der Waals surface area contributed by atoms with Gasteiger partial charge in [-0.05, 0) is 38.8 Å². The van der Waals surface area contributed by atoms with E-state index in [9.17, 15) is 9.59 Å². The molecule has 0 saturated heterocycles. The Balaban J connectivity index is 1.34. The maximum Gasteiger partial charge on any atom is 0.350 e. The zero-order valence-corrected chi connectivity index (χ0v) is 16.0. The first-order chi connectivity index (χ1) is 12.9. The monoisotopic (exact) mass is 388 g/mol. The Kier molecular flexibility index (Phi) is 4.51. The van der Waals surface area contributed by atoms with Gasteiger partial charge in [0.25, 0.3) is 11.7 Å². The first kappa shape index (κ1) is 17.8. The Bertz CT molecular complexity index is 902. The predicted octanol–water partition coefficient (Wildman–Crippen LogP) is 3.60. The first-order valence-corrected chi connectivity index (χ1v) is 9.69. The molecule has 27 heavy (non-hydrogen) atoms. The van der Waals surface area contributed by atoms with E-state index in [-0.39, 0.29) is 6.61 Å². The summed E-state index contributed by atoms with van der Waals surface area (Å²) < 4.78 is 17.0. The van der Waals surface area contributed by atoms with Crippen molar-refractivity contribution >= 4 is 28.9 Å². The molecule has 1 N–H and O–H groups in total. The third kappa shape index (κ3) is 3.62. The standard InChI is InChI=1S/C19H20N2O5S/c1-11-17(27-12(2)20-11)18(23)24-10-16(22)21-13-5-6-14-15(9-13)26-19(25-14)7-3-4-8-19/h5-6,9H,3-4,7-8,10H2,1-2H3,(H,21,22). The molecule has 142 valence electrons. The van der Waals surface area contributed by atoms with E-state index in [2.05, 4.69) is 10.3 Å². The second-order valence-corrected chi connectivity index (χ2v) is 7.96. The largest absolute Gasteiger partial charge is 0.451 e. The van der Waals surface area contributed by atoms with E-state index in [1.54, 1.807) is 25.1 Å². The lowest BCUT2D eigenvalue weighted by molar-refractivity contribution is -0.119. The number of aromatic nitrogens is 1. The number of nitrogens with zero attached hydrogens (tertiary/aromatic N) is 1. The predicted molar refractivity (Wildman–Crippen MR) is 99.4 cm³/mol. The first-order valence-electron chi connectivity index (χ1n) is 8.87. The number of benzene rings is 1. The number of carbonyl (C=O) groups excluding carboxylic acids is 2. The molecule has 7 nitrogen and oxygen atoms in total. The van der Waals surface area contributed by atoms with Crippen LogP contribution in [0.2, 0.25) is 0 Å². The van der Waals surface area contributed by atoms with Gasteiger partial charge in [-0.2, -0.15) is 0 Å². The number of hydrogen-bond donors (Lipinski definition) is 1. The van der Waals surface area contributed by atoms with Crippen LogP contribution in [0.3, 0.4) is 0 Å². The van der Waals surface area contributed by atoms with Gasteiger partial charge in [-0.25, -0.2) is 9.78 Å². The molecule has 0 bridgehead atoms. The number of esters is 1. The fraction of sp³-hybridized carbons (Fsp3) is 0.421. The number of nitrogens with one attached hydrogen (secondary N) is 1. The molecule has 2 aliphatic rings. The van der Waals surface area contributed by atoms with Gasteiger partial charge >= 0.3 is 5.97 Å². The van der Waals surface area contributed by atoms with Gasteiger partial charge in [0.15, 0.2) is 18.1 Å². The zero-order chi connectivity index (χ0) is 19.0. The topological polar surface area (TPSA) is 86.8 Å². The van der Waals surface area contributed by atoms with Gasteiger partial charge in [0.2, 0.25) is 0 Å². The summed E-state index contributed by atoms with van der Waals surface area (Å²) >= 11 is 1.25. The van der Waals surface area contributed by atoms with Crippen LogP contribution in [0.15, 0.2) is 18.2 Å². The minimum absolute atomic E-state index is 0.367. The van der Waals surface area contributed by atoms with E-state index in [0.717, 1.165) is 30.7 Å². The van der Waals surface area contributed by atoms with Gasteiger partial charge in [0.05, 0.1) is 10.7 Å². The van der Waals surface area contributed by atoms with Crippen LogP contribution in [-0.4, -0.2) is 29.3 Å². The smallest absolute Gasteiger partial charge is 0.350 e. The molecule has 2 aromatic rings. The highest BCUT2D eigenvalue weighted by Crippen LogP contribution is 2.47. The normalized spacial score (nSPS) is 16.5. The lowest BCUT2D eigenvalue weighted by Gasteiger charge is -2.21. The van der Waals surface area contributed by atoms with E-state index in [1.165, 1.54) is 11.3 Å². The van der Waals surface area contributed by atoms with Crippen LogP contribution in [-0.2, 0) is 9.53 Å². The molecule has 1 saturated carbocycles. The molecule has 1 aliphatic heterocycles. The van der Waals surface area contributed by atoms with E-state index in [0.29, 0.717) is 27.8 Å². The van der Waals surface area contributed by atoms with Crippen LogP contribution in [0.4, 0.5) is 5.69 Å². The van der Waals surface area contributed by atoms with Crippen molar-refractivity contribution < 1.29 is 23.8 Å². The summed E-state index contributed by atoms with van der Waals surface area (Å²) in [5, 5.41) is 3.50. The van der Waals surface area contributed by atoms with Gasteiger partial charge in [-0.1, -0.05) is 0 Å². The highest BCUT2D eigenvalue weighted by molar-refractivity contribution is 7.13.